The minimum atomic E-state index is -0.566. The quantitative estimate of drug-likeness (QED) is 0.803. The van der Waals surface area contributed by atoms with Crippen LogP contribution in [-0.4, -0.2) is 18.4 Å². The molecule has 4 nitrogen and oxygen atoms in total. The van der Waals surface area contributed by atoms with Gasteiger partial charge in [-0.3, -0.25) is 9.59 Å². The van der Waals surface area contributed by atoms with Gasteiger partial charge in [-0.05, 0) is 35.9 Å². The molecule has 0 unspecified atom stereocenters. The fraction of sp³-hybridized carbons (Fsp3) is 0.125. The van der Waals surface area contributed by atoms with Crippen molar-refractivity contribution in [1.29, 1.82) is 0 Å². The number of rotatable bonds is 5. The Bertz CT molecular complexity index is 734. The Kier molecular flexibility index (Phi) is 6.28. The number of carbonyl (C=O) groups excluding carboxylic acids is 2. The van der Waals surface area contributed by atoms with Gasteiger partial charge < -0.3 is 10.1 Å². The molecule has 23 heavy (non-hydrogen) atoms. The van der Waals surface area contributed by atoms with E-state index in [0.717, 1.165) is 5.56 Å². The summed E-state index contributed by atoms with van der Waals surface area (Å²) in [7, 11) is 0. The number of benzene rings is 2. The van der Waals surface area contributed by atoms with Crippen LogP contribution in [0.2, 0.25) is 15.1 Å². The molecule has 0 bridgehead atoms. The molecule has 0 aliphatic rings. The van der Waals surface area contributed by atoms with Crippen LogP contribution in [0.1, 0.15) is 15.9 Å². The third kappa shape index (κ3) is 5.43. The fourth-order valence-electron chi connectivity index (χ4n) is 1.76. The van der Waals surface area contributed by atoms with E-state index in [1.165, 1.54) is 12.1 Å². The van der Waals surface area contributed by atoms with Crippen molar-refractivity contribution in [3.05, 3.63) is 68.7 Å². The minimum Gasteiger partial charge on any atom is -0.460 e. The second-order valence-electron chi connectivity index (χ2n) is 4.60. The molecular formula is C16H12Cl3NO3. The van der Waals surface area contributed by atoms with Gasteiger partial charge in [0.1, 0.15) is 13.2 Å². The lowest BCUT2D eigenvalue weighted by Gasteiger charge is -2.08. The molecule has 0 radical (unpaired) electrons. The van der Waals surface area contributed by atoms with E-state index < -0.39 is 11.9 Å². The number of halogens is 3. The van der Waals surface area contributed by atoms with E-state index >= 15 is 0 Å². The molecule has 7 heteroatoms. The molecule has 0 aliphatic heterocycles. The lowest BCUT2D eigenvalue weighted by molar-refractivity contribution is -0.143. The molecule has 0 atom stereocenters. The van der Waals surface area contributed by atoms with Gasteiger partial charge in [0.25, 0.3) is 5.91 Å². The molecule has 0 spiro atoms. The van der Waals surface area contributed by atoms with E-state index in [9.17, 15) is 9.59 Å². The fourth-order valence-corrected chi connectivity index (χ4v) is 2.47. The summed E-state index contributed by atoms with van der Waals surface area (Å²) in [5, 5.41) is 3.63. The van der Waals surface area contributed by atoms with Crippen molar-refractivity contribution in [2.75, 3.05) is 6.54 Å². The van der Waals surface area contributed by atoms with Crippen LogP contribution in [0.15, 0.2) is 42.5 Å². The molecule has 2 aromatic rings. The van der Waals surface area contributed by atoms with Gasteiger partial charge in [-0.1, -0.05) is 46.9 Å². The highest BCUT2D eigenvalue weighted by Gasteiger charge is 2.12. The second kappa shape index (κ2) is 8.20. The highest BCUT2D eigenvalue weighted by atomic mass is 35.5. The number of ether oxygens (including phenoxy) is 1. The zero-order chi connectivity index (χ0) is 16.8. The first kappa shape index (κ1) is 17.6. The summed E-state index contributed by atoms with van der Waals surface area (Å²) < 4.78 is 5.05. The third-order valence-corrected chi connectivity index (χ3v) is 3.64. The molecule has 0 saturated carbocycles. The Morgan fingerprint density at radius 3 is 2.43 bits per heavy atom. The van der Waals surface area contributed by atoms with Gasteiger partial charge in [0.2, 0.25) is 0 Å². The molecule has 0 saturated heterocycles. The number of carbonyl (C=O) groups is 2. The van der Waals surface area contributed by atoms with Crippen molar-refractivity contribution in [3.63, 3.8) is 0 Å². The predicted octanol–water partition coefficient (Wildman–Crippen LogP) is 4.12. The largest absolute Gasteiger partial charge is 0.460 e. The SMILES string of the molecule is O=C(CNC(=O)c1ccc(Cl)cc1Cl)OCc1cccc(Cl)c1. The number of amides is 1. The van der Waals surface area contributed by atoms with E-state index in [0.29, 0.717) is 10.0 Å². The van der Waals surface area contributed by atoms with Crippen LogP contribution in [0.4, 0.5) is 0 Å². The topological polar surface area (TPSA) is 55.4 Å². The van der Waals surface area contributed by atoms with Crippen molar-refractivity contribution in [2.45, 2.75) is 6.61 Å². The van der Waals surface area contributed by atoms with Gasteiger partial charge in [-0.15, -0.1) is 0 Å². The zero-order valence-corrected chi connectivity index (χ0v) is 14.1. The predicted molar refractivity (Wildman–Crippen MR) is 90.0 cm³/mol. The minimum absolute atomic E-state index is 0.0803. The maximum atomic E-state index is 11.9. The van der Waals surface area contributed by atoms with Gasteiger partial charge in [0.05, 0.1) is 10.6 Å². The van der Waals surface area contributed by atoms with E-state index in [2.05, 4.69) is 5.32 Å². The van der Waals surface area contributed by atoms with Crippen LogP contribution in [0.5, 0.6) is 0 Å². The van der Waals surface area contributed by atoms with Crippen LogP contribution in [0.25, 0.3) is 0 Å². The van der Waals surface area contributed by atoms with Gasteiger partial charge in [-0.25, -0.2) is 0 Å². The smallest absolute Gasteiger partial charge is 0.325 e. The first-order valence-electron chi connectivity index (χ1n) is 6.59. The normalized spacial score (nSPS) is 10.2. The van der Waals surface area contributed by atoms with Crippen molar-refractivity contribution in [1.82, 2.24) is 5.32 Å². The lowest BCUT2D eigenvalue weighted by Crippen LogP contribution is -2.30. The zero-order valence-electron chi connectivity index (χ0n) is 11.8. The number of nitrogens with one attached hydrogen (secondary N) is 1. The van der Waals surface area contributed by atoms with Crippen LogP contribution in [0, 0.1) is 0 Å². The summed E-state index contributed by atoms with van der Waals surface area (Å²) in [4.78, 5) is 23.6. The summed E-state index contributed by atoms with van der Waals surface area (Å²) in [6.07, 6.45) is 0. The van der Waals surface area contributed by atoms with E-state index in [-0.39, 0.29) is 23.7 Å². The van der Waals surface area contributed by atoms with E-state index in [4.69, 9.17) is 39.5 Å². The summed E-state index contributed by atoms with van der Waals surface area (Å²) in [5.41, 5.74) is 0.997. The number of hydrogen-bond donors (Lipinski definition) is 1. The Hall–Kier alpha value is -1.75. The molecule has 120 valence electrons. The summed E-state index contributed by atoms with van der Waals surface area (Å²) >= 11 is 17.5. The molecule has 2 rings (SSSR count). The van der Waals surface area contributed by atoms with Gasteiger partial charge in [-0.2, -0.15) is 0 Å². The average Bonchev–Trinajstić information content (AvgIpc) is 2.50. The molecule has 0 aromatic heterocycles. The molecule has 0 fully saturated rings. The number of hydrogen-bond acceptors (Lipinski definition) is 3. The molecule has 2 aromatic carbocycles. The standard InChI is InChI=1S/C16H12Cl3NO3/c17-11-3-1-2-10(6-11)9-23-15(21)8-20-16(22)13-5-4-12(18)7-14(13)19/h1-7H,8-9H2,(H,20,22). The van der Waals surface area contributed by atoms with E-state index in [1.54, 1.807) is 30.3 Å². The Morgan fingerprint density at radius 2 is 1.74 bits per heavy atom. The van der Waals surface area contributed by atoms with Crippen molar-refractivity contribution in [2.24, 2.45) is 0 Å². The van der Waals surface area contributed by atoms with Crippen molar-refractivity contribution in [3.8, 4) is 0 Å². The molecule has 0 heterocycles. The first-order chi connectivity index (χ1) is 11.0. The van der Waals surface area contributed by atoms with Crippen LogP contribution in [-0.2, 0) is 16.1 Å². The number of esters is 1. The van der Waals surface area contributed by atoms with Gasteiger partial charge >= 0.3 is 5.97 Å². The van der Waals surface area contributed by atoms with Crippen molar-refractivity contribution < 1.29 is 14.3 Å². The maximum absolute atomic E-state index is 11.9. The first-order valence-corrected chi connectivity index (χ1v) is 7.72. The monoisotopic (exact) mass is 371 g/mol. The van der Waals surface area contributed by atoms with Crippen LogP contribution >= 0.6 is 34.8 Å². The Labute approximate surface area is 148 Å². The van der Waals surface area contributed by atoms with Crippen LogP contribution in [0.3, 0.4) is 0 Å². The maximum Gasteiger partial charge on any atom is 0.325 e. The summed E-state index contributed by atoms with van der Waals surface area (Å²) in [6.45, 7) is -0.185. The molecular weight excluding hydrogens is 361 g/mol. The molecule has 0 aliphatic carbocycles. The Balaban J connectivity index is 1.83. The van der Waals surface area contributed by atoms with Gasteiger partial charge in [0.15, 0.2) is 0 Å². The highest BCUT2D eigenvalue weighted by molar-refractivity contribution is 6.36. The summed E-state index contributed by atoms with van der Waals surface area (Å²) in [5.74, 6) is -1.05. The van der Waals surface area contributed by atoms with E-state index in [1.807, 2.05) is 0 Å². The summed E-state index contributed by atoms with van der Waals surface area (Å²) in [6, 6.07) is 11.4. The van der Waals surface area contributed by atoms with Crippen molar-refractivity contribution >= 4 is 46.7 Å². The third-order valence-electron chi connectivity index (χ3n) is 2.86. The highest BCUT2D eigenvalue weighted by Crippen LogP contribution is 2.20. The average molecular weight is 373 g/mol. The van der Waals surface area contributed by atoms with Crippen LogP contribution < -0.4 is 5.32 Å². The Morgan fingerprint density at radius 1 is 1.00 bits per heavy atom. The second-order valence-corrected chi connectivity index (χ2v) is 5.88. The van der Waals surface area contributed by atoms with Gasteiger partial charge in [0, 0.05) is 10.0 Å². The molecule has 1 N–H and O–H groups in total. The molecule has 1 amide bonds. The lowest BCUT2D eigenvalue weighted by atomic mass is 10.2.